The third kappa shape index (κ3) is 3.00. The van der Waals surface area contributed by atoms with Gasteiger partial charge < -0.3 is 5.73 Å². The first kappa shape index (κ1) is 16.2. The van der Waals surface area contributed by atoms with Gasteiger partial charge in [0.2, 0.25) is 0 Å². The molecule has 1 rings (SSSR count). The maximum absolute atomic E-state index is 12.7. The van der Waals surface area contributed by atoms with Crippen LogP contribution in [0.4, 0.5) is 13.2 Å². The number of ketones is 1. The van der Waals surface area contributed by atoms with Crippen molar-refractivity contribution >= 4 is 21.7 Å². The highest BCUT2D eigenvalue weighted by Gasteiger charge is 2.53. The summed E-state index contributed by atoms with van der Waals surface area (Å²) in [5.74, 6) is -1.09. The van der Waals surface area contributed by atoms with Gasteiger partial charge in [0.1, 0.15) is 0 Å². The molecule has 1 unspecified atom stereocenters. The van der Waals surface area contributed by atoms with Crippen LogP contribution in [-0.2, 0) is 17.8 Å². The molecule has 1 aromatic heterocycles. The Hall–Kier alpha value is -0.890. The number of hydrogen-bond donors (Lipinski definition) is 1. The Labute approximate surface area is 117 Å². The average Bonchev–Trinajstić information content (AvgIpc) is 2.55. The molecule has 8 heteroatoms. The number of Topliss-reactive ketones (excluding diaryl/α,β-unsaturated/α-hetero) is 1. The Balaban J connectivity index is 3.07. The first-order valence-corrected chi connectivity index (χ1v) is 6.42. The number of hydrogen-bond acceptors (Lipinski definition) is 3. The molecule has 0 aromatic carbocycles. The highest BCUT2D eigenvalue weighted by atomic mass is 79.9. The van der Waals surface area contributed by atoms with Crippen LogP contribution in [0.25, 0.3) is 0 Å². The van der Waals surface area contributed by atoms with Gasteiger partial charge in [-0.2, -0.15) is 18.3 Å². The lowest BCUT2D eigenvalue weighted by atomic mass is 9.93. The number of rotatable bonds is 4. The Kier molecular flexibility index (Phi) is 4.46. The van der Waals surface area contributed by atoms with Crippen molar-refractivity contribution in [1.29, 1.82) is 0 Å². The van der Waals surface area contributed by atoms with E-state index in [-0.39, 0.29) is 0 Å². The Morgan fingerprint density at radius 3 is 2.42 bits per heavy atom. The molecular weight excluding hydrogens is 327 g/mol. The third-order valence-electron chi connectivity index (χ3n) is 2.95. The van der Waals surface area contributed by atoms with E-state index in [9.17, 15) is 18.0 Å². The zero-order chi connectivity index (χ0) is 15.0. The fourth-order valence-electron chi connectivity index (χ4n) is 1.53. The molecule has 1 heterocycles. The number of nitrogens with zero attached hydrogens (tertiary/aromatic N) is 2. The SMILES string of the molecule is CCn1nc(C)c(Br)c1CC(=O)C(C)(N)C(F)(F)F. The number of carbonyl (C=O) groups excluding carboxylic acids is 1. The summed E-state index contributed by atoms with van der Waals surface area (Å²) in [4.78, 5) is 11.8. The number of aryl methyl sites for hydroxylation is 2. The van der Waals surface area contributed by atoms with E-state index in [1.165, 1.54) is 4.68 Å². The first-order chi connectivity index (χ1) is 8.52. The van der Waals surface area contributed by atoms with Crippen molar-refractivity contribution in [1.82, 2.24) is 9.78 Å². The van der Waals surface area contributed by atoms with Crippen LogP contribution in [0, 0.1) is 6.92 Å². The summed E-state index contributed by atoms with van der Waals surface area (Å²) < 4.78 is 40.1. The maximum atomic E-state index is 12.7. The molecule has 0 aliphatic heterocycles. The van der Waals surface area contributed by atoms with Crippen LogP contribution < -0.4 is 5.73 Å². The number of alkyl halides is 3. The van der Waals surface area contributed by atoms with Gasteiger partial charge in [-0.3, -0.25) is 9.48 Å². The molecular formula is C11H15BrF3N3O. The van der Waals surface area contributed by atoms with E-state index in [4.69, 9.17) is 5.73 Å². The summed E-state index contributed by atoms with van der Waals surface area (Å²) in [5, 5.41) is 4.12. The van der Waals surface area contributed by atoms with Crippen molar-refractivity contribution in [2.45, 2.75) is 45.5 Å². The van der Waals surface area contributed by atoms with E-state index < -0.39 is 23.9 Å². The molecule has 0 fully saturated rings. The number of aromatic nitrogens is 2. The van der Waals surface area contributed by atoms with Crippen molar-refractivity contribution in [2.24, 2.45) is 5.73 Å². The monoisotopic (exact) mass is 341 g/mol. The van der Waals surface area contributed by atoms with Gasteiger partial charge in [0.05, 0.1) is 22.3 Å². The largest absolute Gasteiger partial charge is 0.413 e. The van der Waals surface area contributed by atoms with Crippen LogP contribution >= 0.6 is 15.9 Å². The Morgan fingerprint density at radius 1 is 1.47 bits per heavy atom. The van der Waals surface area contributed by atoms with E-state index in [0.29, 0.717) is 29.3 Å². The molecule has 0 saturated carbocycles. The molecule has 0 bridgehead atoms. The maximum Gasteiger partial charge on any atom is 0.413 e. The topological polar surface area (TPSA) is 60.9 Å². The Morgan fingerprint density at radius 2 is 2.00 bits per heavy atom. The summed E-state index contributed by atoms with van der Waals surface area (Å²) in [6, 6.07) is 0. The smallest absolute Gasteiger partial charge is 0.312 e. The fraction of sp³-hybridized carbons (Fsp3) is 0.636. The summed E-state index contributed by atoms with van der Waals surface area (Å²) in [6.07, 6.45) is -5.19. The van der Waals surface area contributed by atoms with Crippen LogP contribution in [0.5, 0.6) is 0 Å². The molecule has 0 aliphatic carbocycles. The second-order valence-electron chi connectivity index (χ2n) is 4.46. The van der Waals surface area contributed by atoms with Crippen molar-refractivity contribution in [3.8, 4) is 0 Å². The lowest BCUT2D eigenvalue weighted by Gasteiger charge is -2.26. The zero-order valence-corrected chi connectivity index (χ0v) is 12.4. The van der Waals surface area contributed by atoms with E-state index in [1.807, 2.05) is 0 Å². The van der Waals surface area contributed by atoms with Crippen molar-refractivity contribution in [2.75, 3.05) is 0 Å². The summed E-state index contributed by atoms with van der Waals surface area (Å²) >= 11 is 3.23. The van der Waals surface area contributed by atoms with Gasteiger partial charge >= 0.3 is 6.18 Å². The minimum absolute atomic E-state index is 0.408. The first-order valence-electron chi connectivity index (χ1n) is 5.63. The highest BCUT2D eigenvalue weighted by Crippen LogP contribution is 2.31. The summed E-state index contributed by atoms with van der Waals surface area (Å²) in [7, 11) is 0. The van der Waals surface area contributed by atoms with Crippen LogP contribution in [0.15, 0.2) is 4.47 Å². The second-order valence-corrected chi connectivity index (χ2v) is 5.25. The molecule has 1 aromatic rings. The second kappa shape index (κ2) is 5.24. The van der Waals surface area contributed by atoms with Crippen molar-refractivity contribution in [3.63, 3.8) is 0 Å². The standard InChI is InChI=1S/C11H15BrF3N3O/c1-4-18-7(9(12)6(2)17-18)5-8(19)10(3,16)11(13,14)15/h4-5,16H2,1-3H3. The van der Waals surface area contributed by atoms with Crippen LogP contribution in [0.1, 0.15) is 25.2 Å². The molecule has 0 radical (unpaired) electrons. The lowest BCUT2D eigenvalue weighted by Crippen LogP contribution is -2.57. The van der Waals surface area contributed by atoms with Gasteiger partial charge in [0.15, 0.2) is 11.3 Å². The molecule has 2 N–H and O–H groups in total. The molecule has 108 valence electrons. The third-order valence-corrected chi connectivity index (χ3v) is 3.98. The van der Waals surface area contributed by atoms with Crippen molar-refractivity contribution < 1.29 is 18.0 Å². The molecule has 0 amide bonds. The van der Waals surface area contributed by atoms with Gasteiger partial charge in [0.25, 0.3) is 0 Å². The van der Waals surface area contributed by atoms with Crippen LogP contribution in [-0.4, -0.2) is 27.3 Å². The molecule has 0 aliphatic rings. The normalized spacial score (nSPS) is 15.4. The zero-order valence-electron chi connectivity index (χ0n) is 10.8. The van der Waals surface area contributed by atoms with E-state index in [1.54, 1.807) is 13.8 Å². The number of halogens is 4. The predicted octanol–water partition coefficient (Wildman–Crippen LogP) is 2.37. The molecule has 0 spiro atoms. The minimum atomic E-state index is -4.78. The number of nitrogens with two attached hydrogens (primary N) is 1. The lowest BCUT2D eigenvalue weighted by molar-refractivity contribution is -0.185. The average molecular weight is 342 g/mol. The molecule has 1 atom stereocenters. The molecule has 0 saturated heterocycles. The van der Waals surface area contributed by atoms with Crippen LogP contribution in [0.3, 0.4) is 0 Å². The van der Waals surface area contributed by atoms with E-state index in [0.717, 1.165) is 0 Å². The van der Waals surface area contributed by atoms with Gasteiger partial charge in [-0.1, -0.05) is 0 Å². The van der Waals surface area contributed by atoms with Gasteiger partial charge in [-0.15, -0.1) is 0 Å². The quantitative estimate of drug-likeness (QED) is 0.914. The molecule has 4 nitrogen and oxygen atoms in total. The van der Waals surface area contributed by atoms with Gasteiger partial charge in [-0.05, 0) is 36.7 Å². The minimum Gasteiger partial charge on any atom is -0.312 e. The summed E-state index contributed by atoms with van der Waals surface area (Å²) in [6.45, 7) is 4.64. The predicted molar refractivity (Wildman–Crippen MR) is 67.7 cm³/mol. The Bertz CT molecular complexity index is 494. The van der Waals surface area contributed by atoms with E-state index in [2.05, 4.69) is 21.0 Å². The molecule has 19 heavy (non-hydrogen) atoms. The van der Waals surface area contributed by atoms with E-state index >= 15 is 0 Å². The fourth-order valence-corrected chi connectivity index (χ4v) is 1.96. The highest BCUT2D eigenvalue weighted by molar-refractivity contribution is 9.10. The van der Waals surface area contributed by atoms with Crippen molar-refractivity contribution in [3.05, 3.63) is 15.9 Å². The summed E-state index contributed by atoms with van der Waals surface area (Å²) in [5.41, 5.74) is 3.29. The van der Waals surface area contributed by atoms with Gasteiger partial charge in [-0.25, -0.2) is 0 Å². The number of carbonyl (C=O) groups is 1. The van der Waals surface area contributed by atoms with Gasteiger partial charge in [0, 0.05) is 6.54 Å². The van der Waals surface area contributed by atoms with Crippen LogP contribution in [0.2, 0.25) is 0 Å².